The molecule has 0 atom stereocenters. The highest BCUT2D eigenvalue weighted by Gasteiger charge is 2.37. The topological polar surface area (TPSA) is 71.8 Å². The normalized spacial score (nSPS) is 15.4. The Balaban J connectivity index is 0.00000132. The van der Waals surface area contributed by atoms with Gasteiger partial charge >= 0.3 is 5.97 Å². The van der Waals surface area contributed by atoms with Crippen molar-refractivity contribution in [3.8, 4) is 17.6 Å². The van der Waals surface area contributed by atoms with E-state index in [0.29, 0.717) is 50.6 Å². The minimum Gasteiger partial charge on any atom is -0.493 e. The molecule has 29 heavy (non-hydrogen) atoms. The lowest BCUT2D eigenvalue weighted by Crippen LogP contribution is -2.44. The van der Waals surface area contributed by atoms with Gasteiger partial charge in [-0.25, -0.2) is 0 Å². The van der Waals surface area contributed by atoms with E-state index in [2.05, 4.69) is 19.9 Å². The molecule has 0 radical (unpaired) electrons. The van der Waals surface area contributed by atoms with Crippen LogP contribution in [0.5, 0.6) is 11.5 Å². The van der Waals surface area contributed by atoms with Crippen LogP contribution in [0.1, 0.15) is 58.9 Å². The number of piperidine rings is 1. The van der Waals surface area contributed by atoms with Crippen molar-refractivity contribution in [2.45, 2.75) is 58.8 Å². The van der Waals surface area contributed by atoms with Crippen molar-refractivity contribution < 1.29 is 19.0 Å². The van der Waals surface area contributed by atoms with E-state index < -0.39 is 5.41 Å². The van der Waals surface area contributed by atoms with Crippen molar-refractivity contribution in [2.75, 3.05) is 40.0 Å². The first kappa shape index (κ1) is 24.8. The Morgan fingerprint density at radius 1 is 1.17 bits per heavy atom. The molecule has 6 heteroatoms. The van der Waals surface area contributed by atoms with Crippen LogP contribution in [0.4, 0.5) is 0 Å². The maximum Gasteiger partial charge on any atom is 0.320 e. The molecule has 1 heterocycles. The highest BCUT2D eigenvalue weighted by atomic mass is 16.5. The molecule has 0 spiro atoms. The molecule has 1 aromatic carbocycles. The minimum atomic E-state index is -0.568. The average Bonchev–Trinajstić information content (AvgIpc) is 2.73. The van der Waals surface area contributed by atoms with Gasteiger partial charge in [0.1, 0.15) is 0 Å². The molecule has 1 aliphatic rings. The number of esters is 1. The summed E-state index contributed by atoms with van der Waals surface area (Å²) in [7, 11) is 1.61. The molecule has 162 valence electrons. The second kappa shape index (κ2) is 13.1. The highest BCUT2D eigenvalue weighted by Crippen LogP contribution is 2.39. The molecule has 1 aromatic rings. The number of hydrogen-bond acceptors (Lipinski definition) is 6. The van der Waals surface area contributed by atoms with E-state index in [1.807, 2.05) is 30.0 Å². The van der Waals surface area contributed by atoms with Gasteiger partial charge in [-0.2, -0.15) is 5.26 Å². The summed E-state index contributed by atoms with van der Waals surface area (Å²) < 4.78 is 16.2. The Bertz CT molecular complexity index is 661. The van der Waals surface area contributed by atoms with Crippen molar-refractivity contribution in [1.82, 2.24) is 4.90 Å². The summed E-state index contributed by atoms with van der Waals surface area (Å²) in [6.07, 6.45) is 3.49. The fraction of sp³-hybridized carbons (Fsp3) is 0.652. The third kappa shape index (κ3) is 7.25. The van der Waals surface area contributed by atoms with Crippen molar-refractivity contribution in [3.63, 3.8) is 0 Å². The average molecular weight is 405 g/mol. The molecule has 0 amide bonds. The minimum absolute atomic E-state index is 0.211. The van der Waals surface area contributed by atoms with Gasteiger partial charge in [0.15, 0.2) is 11.5 Å². The summed E-state index contributed by atoms with van der Waals surface area (Å²) in [6, 6.07) is 8.26. The number of rotatable bonds is 8. The van der Waals surface area contributed by atoms with Crippen LogP contribution in [0.3, 0.4) is 0 Å². The predicted octanol–water partition coefficient (Wildman–Crippen LogP) is 4.32. The summed E-state index contributed by atoms with van der Waals surface area (Å²) in [6.45, 7) is 10.7. The second-order valence-electron chi connectivity index (χ2n) is 7.20. The van der Waals surface area contributed by atoms with Gasteiger partial charge in [-0.15, -0.1) is 0 Å². The molecule has 0 aromatic heterocycles. The van der Waals surface area contributed by atoms with Gasteiger partial charge in [-0.05, 0) is 43.9 Å². The lowest BCUT2D eigenvalue weighted by molar-refractivity contribution is -0.144. The molecule has 2 rings (SSSR count). The molecule has 0 bridgehead atoms. The number of likely N-dealkylation sites (tertiary alicyclic amines) is 1. The van der Waals surface area contributed by atoms with Gasteiger partial charge in [-0.1, -0.05) is 33.3 Å². The van der Waals surface area contributed by atoms with E-state index in [0.717, 1.165) is 12.0 Å². The molecule has 0 unspecified atom stereocenters. The number of carbonyl (C=O) groups excluding carboxylic acids is 1. The van der Waals surface area contributed by atoms with Gasteiger partial charge in [0.05, 0.1) is 38.4 Å². The van der Waals surface area contributed by atoms with E-state index in [1.165, 1.54) is 6.42 Å². The van der Waals surface area contributed by atoms with Crippen molar-refractivity contribution in [3.05, 3.63) is 23.8 Å². The first-order chi connectivity index (χ1) is 14.0. The SMILES string of the molecule is CCC.CCCOc1cc(C2(C#N)CCN(CC(=O)OCC)CC2)ccc1OC. The number of benzene rings is 1. The molecule has 0 aliphatic carbocycles. The Kier molecular flexibility index (Phi) is 11.2. The lowest BCUT2D eigenvalue weighted by Gasteiger charge is -2.37. The van der Waals surface area contributed by atoms with E-state index in [-0.39, 0.29) is 12.5 Å². The standard InChI is InChI=1S/C20H28N2O4.C3H8/c1-4-12-26-18-13-16(6-7-17(18)24-3)20(15-21)8-10-22(11-9-20)14-19(23)25-5-2;1-3-2/h6-7,13H,4-5,8-12,14H2,1-3H3;3H2,1-2H3. The van der Waals surface area contributed by atoms with Gasteiger partial charge < -0.3 is 14.2 Å². The van der Waals surface area contributed by atoms with Crippen LogP contribution >= 0.6 is 0 Å². The Morgan fingerprint density at radius 2 is 1.83 bits per heavy atom. The van der Waals surface area contributed by atoms with Crippen LogP contribution < -0.4 is 9.47 Å². The van der Waals surface area contributed by atoms with Gasteiger partial charge in [0, 0.05) is 13.1 Å². The summed E-state index contributed by atoms with van der Waals surface area (Å²) >= 11 is 0. The molecular formula is C23H36N2O4. The van der Waals surface area contributed by atoms with Gasteiger partial charge in [0.25, 0.3) is 0 Å². The van der Waals surface area contributed by atoms with E-state index in [1.54, 1.807) is 14.0 Å². The number of methoxy groups -OCH3 is 1. The van der Waals surface area contributed by atoms with Crippen LogP contribution in [0.15, 0.2) is 18.2 Å². The maximum absolute atomic E-state index is 11.7. The van der Waals surface area contributed by atoms with Crippen LogP contribution in [-0.4, -0.2) is 50.8 Å². The first-order valence-electron chi connectivity index (χ1n) is 10.6. The molecule has 6 nitrogen and oxygen atoms in total. The van der Waals surface area contributed by atoms with E-state index in [4.69, 9.17) is 14.2 Å². The Hall–Kier alpha value is -2.26. The van der Waals surface area contributed by atoms with Gasteiger partial charge in [0.2, 0.25) is 0 Å². The molecule has 1 fully saturated rings. The third-order valence-corrected chi connectivity index (χ3v) is 4.76. The zero-order valence-electron chi connectivity index (χ0n) is 18.6. The van der Waals surface area contributed by atoms with Crippen molar-refractivity contribution in [1.29, 1.82) is 5.26 Å². The first-order valence-corrected chi connectivity index (χ1v) is 10.6. The molecule has 0 N–H and O–H groups in total. The predicted molar refractivity (Wildman–Crippen MR) is 114 cm³/mol. The number of nitriles is 1. The van der Waals surface area contributed by atoms with Gasteiger partial charge in [-0.3, -0.25) is 9.69 Å². The summed E-state index contributed by atoms with van der Waals surface area (Å²) in [5.74, 6) is 1.14. The zero-order chi connectivity index (χ0) is 21.7. The van der Waals surface area contributed by atoms with E-state index >= 15 is 0 Å². The van der Waals surface area contributed by atoms with Crippen LogP contribution in [0.25, 0.3) is 0 Å². The Labute approximate surface area is 175 Å². The van der Waals surface area contributed by atoms with E-state index in [9.17, 15) is 10.1 Å². The smallest absolute Gasteiger partial charge is 0.320 e. The summed E-state index contributed by atoms with van der Waals surface area (Å²) in [5.41, 5.74) is 0.379. The number of ether oxygens (including phenoxy) is 3. The Morgan fingerprint density at radius 3 is 2.34 bits per heavy atom. The lowest BCUT2D eigenvalue weighted by atomic mass is 9.74. The highest BCUT2D eigenvalue weighted by molar-refractivity contribution is 5.71. The van der Waals surface area contributed by atoms with Crippen molar-refractivity contribution in [2.24, 2.45) is 0 Å². The third-order valence-electron chi connectivity index (χ3n) is 4.76. The number of hydrogen-bond donors (Lipinski definition) is 0. The fourth-order valence-corrected chi connectivity index (χ4v) is 3.25. The maximum atomic E-state index is 11.7. The summed E-state index contributed by atoms with van der Waals surface area (Å²) in [4.78, 5) is 13.7. The quantitative estimate of drug-likeness (QED) is 0.601. The van der Waals surface area contributed by atoms with Crippen LogP contribution in [0, 0.1) is 11.3 Å². The zero-order valence-corrected chi connectivity index (χ0v) is 18.6. The molecular weight excluding hydrogens is 368 g/mol. The summed E-state index contributed by atoms with van der Waals surface area (Å²) in [5, 5.41) is 9.91. The van der Waals surface area contributed by atoms with Crippen LogP contribution in [0.2, 0.25) is 0 Å². The largest absolute Gasteiger partial charge is 0.493 e. The fourth-order valence-electron chi connectivity index (χ4n) is 3.25. The molecule has 1 aliphatic heterocycles. The number of carbonyl (C=O) groups is 1. The molecule has 1 saturated heterocycles. The molecule has 0 saturated carbocycles. The van der Waals surface area contributed by atoms with Crippen LogP contribution in [-0.2, 0) is 14.9 Å². The van der Waals surface area contributed by atoms with Crippen molar-refractivity contribution >= 4 is 5.97 Å². The number of nitrogens with zero attached hydrogens (tertiary/aromatic N) is 2. The monoisotopic (exact) mass is 404 g/mol. The second-order valence-corrected chi connectivity index (χ2v) is 7.20.